The first-order chi connectivity index (χ1) is 11.5. The Kier molecular flexibility index (Phi) is 4.20. The number of hydrogen-bond acceptors (Lipinski definition) is 6. The van der Waals surface area contributed by atoms with Crippen LogP contribution < -0.4 is 5.32 Å². The van der Waals surface area contributed by atoms with Crippen molar-refractivity contribution in [1.82, 2.24) is 10.2 Å². The van der Waals surface area contributed by atoms with E-state index in [4.69, 9.17) is 9.47 Å². The van der Waals surface area contributed by atoms with E-state index < -0.39 is 24.1 Å². The number of urea groups is 1. The number of imide groups is 1. The van der Waals surface area contributed by atoms with Gasteiger partial charge < -0.3 is 14.8 Å². The molecule has 2 saturated heterocycles. The summed E-state index contributed by atoms with van der Waals surface area (Å²) in [4.78, 5) is 48.3. The molecule has 0 aromatic heterocycles. The van der Waals surface area contributed by atoms with Crippen LogP contribution in [0, 0.1) is 0 Å². The Balaban J connectivity index is 1.76. The number of esters is 2. The molecule has 3 rings (SSSR count). The van der Waals surface area contributed by atoms with Crippen LogP contribution in [0.1, 0.15) is 29.3 Å². The summed E-state index contributed by atoms with van der Waals surface area (Å²) >= 11 is 0. The second-order valence-electron chi connectivity index (χ2n) is 5.67. The van der Waals surface area contributed by atoms with Crippen molar-refractivity contribution in [2.75, 3.05) is 6.54 Å². The smallest absolute Gasteiger partial charge is 0.347 e. The molecule has 0 unspecified atom stereocenters. The molecule has 0 aliphatic carbocycles. The zero-order chi connectivity index (χ0) is 17.3. The fourth-order valence-corrected chi connectivity index (χ4v) is 2.65. The van der Waals surface area contributed by atoms with Gasteiger partial charge in [-0.3, -0.25) is 9.69 Å². The van der Waals surface area contributed by atoms with Crippen molar-refractivity contribution in [1.29, 1.82) is 0 Å². The van der Waals surface area contributed by atoms with Gasteiger partial charge in [-0.25, -0.2) is 14.4 Å². The Labute approximate surface area is 137 Å². The van der Waals surface area contributed by atoms with Gasteiger partial charge in [-0.1, -0.05) is 18.2 Å². The predicted molar refractivity (Wildman–Crippen MR) is 79.8 cm³/mol. The predicted octanol–water partition coefficient (Wildman–Crippen LogP) is 0.599. The molecular formula is C16H16N2O6. The third-order valence-electron chi connectivity index (χ3n) is 3.88. The molecule has 24 heavy (non-hydrogen) atoms. The molecule has 8 nitrogen and oxygen atoms in total. The number of hydrogen-bond donors (Lipinski definition) is 1. The molecule has 2 fully saturated rings. The largest absolute Gasteiger partial charge is 0.460 e. The highest BCUT2D eigenvalue weighted by molar-refractivity contribution is 6.02. The Morgan fingerprint density at radius 1 is 1.33 bits per heavy atom. The zero-order valence-electron chi connectivity index (χ0n) is 13.0. The van der Waals surface area contributed by atoms with E-state index in [1.807, 2.05) is 0 Å². The average molecular weight is 332 g/mol. The number of carbonyl (C=O) groups is 4. The van der Waals surface area contributed by atoms with Gasteiger partial charge in [0.1, 0.15) is 6.10 Å². The molecular weight excluding hydrogens is 316 g/mol. The highest BCUT2D eigenvalue weighted by Gasteiger charge is 2.36. The van der Waals surface area contributed by atoms with Crippen molar-refractivity contribution in [3.8, 4) is 0 Å². The van der Waals surface area contributed by atoms with Crippen LogP contribution in [0.3, 0.4) is 0 Å². The summed E-state index contributed by atoms with van der Waals surface area (Å²) < 4.78 is 10.2. The Bertz CT molecular complexity index is 700. The minimum atomic E-state index is -0.933. The Morgan fingerprint density at radius 2 is 2.08 bits per heavy atom. The summed E-state index contributed by atoms with van der Waals surface area (Å²) in [6.45, 7) is 1.62. The standard InChI is InChI=1S/C16H16N2O6/c1-9-6-12(15(21)23-9)24-14(20)11-5-3-2-4-10(11)8-18-13(19)7-17-16(18)22/h2-5,9,12H,6-8H2,1H3,(H,17,22)/t9-,12-/m0/s1. The topological polar surface area (TPSA) is 102 Å². The maximum atomic E-state index is 12.4. The van der Waals surface area contributed by atoms with E-state index in [-0.39, 0.29) is 30.7 Å². The van der Waals surface area contributed by atoms with E-state index in [0.717, 1.165) is 4.90 Å². The van der Waals surface area contributed by atoms with Crippen molar-refractivity contribution < 1.29 is 28.7 Å². The lowest BCUT2D eigenvalue weighted by Crippen LogP contribution is -2.31. The van der Waals surface area contributed by atoms with Gasteiger partial charge in [0.25, 0.3) is 0 Å². The Hall–Kier alpha value is -2.90. The monoisotopic (exact) mass is 332 g/mol. The van der Waals surface area contributed by atoms with E-state index in [0.29, 0.717) is 12.0 Å². The van der Waals surface area contributed by atoms with Crippen molar-refractivity contribution >= 4 is 23.9 Å². The molecule has 8 heteroatoms. The minimum Gasteiger partial charge on any atom is -0.460 e. The van der Waals surface area contributed by atoms with Crippen molar-refractivity contribution in [2.45, 2.75) is 32.1 Å². The molecule has 0 spiro atoms. The van der Waals surface area contributed by atoms with Gasteiger partial charge in [-0.15, -0.1) is 0 Å². The van der Waals surface area contributed by atoms with Crippen molar-refractivity contribution in [3.05, 3.63) is 35.4 Å². The van der Waals surface area contributed by atoms with Crippen LogP contribution >= 0.6 is 0 Å². The molecule has 0 radical (unpaired) electrons. The summed E-state index contributed by atoms with van der Waals surface area (Å²) in [7, 11) is 0. The van der Waals surface area contributed by atoms with E-state index in [1.54, 1.807) is 25.1 Å². The summed E-state index contributed by atoms with van der Waals surface area (Å²) in [5, 5.41) is 2.42. The number of benzene rings is 1. The van der Waals surface area contributed by atoms with Crippen LogP contribution in [0.5, 0.6) is 0 Å². The van der Waals surface area contributed by atoms with Gasteiger partial charge in [0, 0.05) is 6.42 Å². The third-order valence-corrected chi connectivity index (χ3v) is 3.88. The number of cyclic esters (lactones) is 1. The lowest BCUT2D eigenvalue weighted by molar-refractivity contribution is -0.147. The molecule has 2 atom stereocenters. The second kappa shape index (κ2) is 6.31. The summed E-state index contributed by atoms with van der Waals surface area (Å²) in [6, 6.07) is 5.99. The minimum absolute atomic E-state index is 0.0402. The normalized spacial score (nSPS) is 23.2. The molecule has 3 amide bonds. The van der Waals surface area contributed by atoms with E-state index >= 15 is 0 Å². The van der Waals surface area contributed by atoms with Gasteiger partial charge >= 0.3 is 18.0 Å². The molecule has 0 bridgehead atoms. The van der Waals surface area contributed by atoms with Gasteiger partial charge in [-0.2, -0.15) is 0 Å². The zero-order valence-corrected chi connectivity index (χ0v) is 13.0. The lowest BCUT2D eigenvalue weighted by Gasteiger charge is -2.16. The summed E-state index contributed by atoms with van der Waals surface area (Å²) in [5.74, 6) is -1.62. The first kappa shape index (κ1) is 16.0. The quantitative estimate of drug-likeness (QED) is 0.640. The van der Waals surface area contributed by atoms with Crippen LogP contribution in [0.4, 0.5) is 4.79 Å². The van der Waals surface area contributed by atoms with E-state index in [2.05, 4.69) is 5.32 Å². The molecule has 2 aliphatic rings. The van der Waals surface area contributed by atoms with Gasteiger partial charge in [-0.05, 0) is 18.6 Å². The third kappa shape index (κ3) is 3.08. The second-order valence-corrected chi connectivity index (χ2v) is 5.67. The van der Waals surface area contributed by atoms with Crippen LogP contribution in [-0.4, -0.2) is 47.5 Å². The van der Waals surface area contributed by atoms with Gasteiger partial charge in [0.2, 0.25) is 12.0 Å². The highest BCUT2D eigenvalue weighted by atomic mass is 16.6. The van der Waals surface area contributed by atoms with Crippen LogP contribution in [0.15, 0.2) is 24.3 Å². The van der Waals surface area contributed by atoms with Crippen LogP contribution in [-0.2, 0) is 25.6 Å². The van der Waals surface area contributed by atoms with Gasteiger partial charge in [0.05, 0.1) is 18.7 Å². The van der Waals surface area contributed by atoms with Crippen LogP contribution in [0.25, 0.3) is 0 Å². The molecule has 1 aromatic rings. The summed E-state index contributed by atoms with van der Waals surface area (Å²) in [5.41, 5.74) is 0.671. The van der Waals surface area contributed by atoms with Gasteiger partial charge in [0.15, 0.2) is 0 Å². The number of carbonyl (C=O) groups excluding carboxylic acids is 4. The Morgan fingerprint density at radius 3 is 2.71 bits per heavy atom. The highest BCUT2D eigenvalue weighted by Crippen LogP contribution is 2.21. The first-order valence-electron chi connectivity index (χ1n) is 7.53. The average Bonchev–Trinajstić information content (AvgIpc) is 3.03. The maximum Gasteiger partial charge on any atom is 0.347 e. The van der Waals surface area contributed by atoms with Crippen molar-refractivity contribution in [2.24, 2.45) is 0 Å². The number of amides is 3. The van der Waals surface area contributed by atoms with Crippen molar-refractivity contribution in [3.63, 3.8) is 0 Å². The number of nitrogens with one attached hydrogen (secondary N) is 1. The molecule has 126 valence electrons. The number of ether oxygens (including phenoxy) is 2. The molecule has 0 saturated carbocycles. The fourth-order valence-electron chi connectivity index (χ4n) is 2.65. The fraction of sp³-hybridized carbons (Fsp3) is 0.375. The number of nitrogens with zero attached hydrogens (tertiary/aromatic N) is 1. The lowest BCUT2D eigenvalue weighted by atomic mass is 10.1. The number of rotatable bonds is 4. The SMILES string of the molecule is C[C@H]1C[C@H](OC(=O)c2ccccc2CN2C(=O)CNC2=O)C(=O)O1. The maximum absolute atomic E-state index is 12.4. The molecule has 1 N–H and O–H groups in total. The van der Waals surface area contributed by atoms with E-state index in [9.17, 15) is 19.2 Å². The first-order valence-corrected chi connectivity index (χ1v) is 7.53. The molecule has 2 aliphatic heterocycles. The van der Waals surface area contributed by atoms with Crippen LogP contribution in [0.2, 0.25) is 0 Å². The molecule has 1 aromatic carbocycles. The molecule has 2 heterocycles. The summed E-state index contributed by atoms with van der Waals surface area (Å²) in [6.07, 6.45) is -0.923. The van der Waals surface area contributed by atoms with E-state index in [1.165, 1.54) is 6.07 Å².